The van der Waals surface area contributed by atoms with Crippen LogP contribution < -0.4 is 15.5 Å². The molecule has 2 aromatic carbocycles. The summed E-state index contributed by atoms with van der Waals surface area (Å²) >= 11 is 0. The van der Waals surface area contributed by atoms with Gasteiger partial charge in [0.2, 0.25) is 0 Å². The van der Waals surface area contributed by atoms with Gasteiger partial charge in [-0.3, -0.25) is 14.6 Å². The second-order valence-electron chi connectivity index (χ2n) is 8.71. The van der Waals surface area contributed by atoms with E-state index >= 15 is 0 Å². The Kier molecular flexibility index (Phi) is 7.55. The standard InChI is InChI=1S/C27H32N4O2/c1-20-19-25(23-10-4-5-11-24(23)29-20)30-27(33)26(32)28-16-8-9-21-12-14-22(15-13-21)31-17-6-2-3-7-18-31/h4-5,10-15,19H,2-3,6-9,16-18H2,1H3,(H,28,32)(H,29,30,33). The molecule has 0 spiro atoms. The Morgan fingerprint density at radius 3 is 2.42 bits per heavy atom. The zero-order valence-electron chi connectivity index (χ0n) is 19.3. The van der Waals surface area contributed by atoms with Gasteiger partial charge in [0, 0.05) is 36.4 Å². The third kappa shape index (κ3) is 6.09. The lowest BCUT2D eigenvalue weighted by molar-refractivity contribution is -0.136. The quantitative estimate of drug-likeness (QED) is 0.430. The molecule has 4 rings (SSSR count). The van der Waals surface area contributed by atoms with E-state index in [0.29, 0.717) is 12.2 Å². The second kappa shape index (κ2) is 10.9. The van der Waals surface area contributed by atoms with Crippen molar-refractivity contribution < 1.29 is 9.59 Å². The molecular weight excluding hydrogens is 412 g/mol. The number of para-hydroxylation sites is 1. The molecule has 2 heterocycles. The minimum Gasteiger partial charge on any atom is -0.372 e. The van der Waals surface area contributed by atoms with Crippen molar-refractivity contribution in [2.24, 2.45) is 0 Å². The van der Waals surface area contributed by atoms with E-state index < -0.39 is 11.8 Å². The highest BCUT2D eigenvalue weighted by molar-refractivity contribution is 6.40. The van der Waals surface area contributed by atoms with E-state index in [2.05, 4.69) is 44.8 Å². The van der Waals surface area contributed by atoms with Crippen LogP contribution in [0.15, 0.2) is 54.6 Å². The monoisotopic (exact) mass is 444 g/mol. The van der Waals surface area contributed by atoms with E-state index in [-0.39, 0.29) is 0 Å². The number of fused-ring (bicyclic) bond motifs is 1. The lowest BCUT2D eigenvalue weighted by Crippen LogP contribution is -2.36. The first-order valence-electron chi connectivity index (χ1n) is 11.9. The molecule has 3 aromatic rings. The lowest BCUT2D eigenvalue weighted by Gasteiger charge is -2.22. The fraction of sp³-hybridized carbons (Fsp3) is 0.370. The Hall–Kier alpha value is -3.41. The zero-order valence-corrected chi connectivity index (χ0v) is 19.3. The molecule has 0 saturated carbocycles. The van der Waals surface area contributed by atoms with Crippen molar-refractivity contribution >= 4 is 34.1 Å². The van der Waals surface area contributed by atoms with Crippen molar-refractivity contribution in [3.8, 4) is 0 Å². The van der Waals surface area contributed by atoms with Crippen LogP contribution in [0.5, 0.6) is 0 Å². The van der Waals surface area contributed by atoms with E-state index in [1.165, 1.54) is 36.9 Å². The van der Waals surface area contributed by atoms with Crippen LogP contribution in [0.2, 0.25) is 0 Å². The van der Waals surface area contributed by atoms with Crippen LogP contribution in [-0.2, 0) is 16.0 Å². The Morgan fingerprint density at radius 2 is 1.67 bits per heavy atom. The minimum atomic E-state index is -0.660. The third-order valence-electron chi connectivity index (χ3n) is 6.13. The molecule has 1 saturated heterocycles. The maximum atomic E-state index is 12.4. The fourth-order valence-corrected chi connectivity index (χ4v) is 4.37. The van der Waals surface area contributed by atoms with Gasteiger partial charge in [0.15, 0.2) is 0 Å². The number of nitrogens with one attached hydrogen (secondary N) is 2. The smallest absolute Gasteiger partial charge is 0.313 e. The van der Waals surface area contributed by atoms with Crippen molar-refractivity contribution in [3.05, 3.63) is 65.9 Å². The van der Waals surface area contributed by atoms with E-state index in [9.17, 15) is 9.59 Å². The number of rotatable bonds is 6. The van der Waals surface area contributed by atoms with Gasteiger partial charge in [0.25, 0.3) is 0 Å². The number of aromatic nitrogens is 1. The number of hydrogen-bond donors (Lipinski definition) is 2. The van der Waals surface area contributed by atoms with Gasteiger partial charge in [-0.05, 0) is 62.4 Å². The fourth-order valence-electron chi connectivity index (χ4n) is 4.37. The molecule has 2 amide bonds. The summed E-state index contributed by atoms with van der Waals surface area (Å²) in [6.07, 6.45) is 6.84. The molecule has 0 atom stereocenters. The van der Waals surface area contributed by atoms with Gasteiger partial charge >= 0.3 is 11.8 Å². The molecule has 6 heteroatoms. The van der Waals surface area contributed by atoms with Crippen molar-refractivity contribution in [1.29, 1.82) is 0 Å². The van der Waals surface area contributed by atoms with Gasteiger partial charge in [-0.25, -0.2) is 0 Å². The normalized spacial score (nSPS) is 14.0. The molecule has 0 radical (unpaired) electrons. The second-order valence-corrected chi connectivity index (χ2v) is 8.71. The van der Waals surface area contributed by atoms with E-state index in [4.69, 9.17) is 0 Å². The van der Waals surface area contributed by atoms with Crippen molar-refractivity contribution in [3.63, 3.8) is 0 Å². The summed E-state index contributed by atoms with van der Waals surface area (Å²) in [5.41, 5.74) is 4.71. The summed E-state index contributed by atoms with van der Waals surface area (Å²) in [6, 6.07) is 18.1. The van der Waals surface area contributed by atoms with Gasteiger partial charge in [-0.15, -0.1) is 0 Å². The molecule has 1 aliphatic rings. The number of carbonyl (C=O) groups excluding carboxylic acids is 2. The number of benzene rings is 2. The summed E-state index contributed by atoms with van der Waals surface area (Å²) in [5, 5.41) is 6.27. The number of pyridine rings is 1. The lowest BCUT2D eigenvalue weighted by atomic mass is 10.1. The number of aryl methyl sites for hydroxylation is 2. The highest BCUT2D eigenvalue weighted by atomic mass is 16.2. The van der Waals surface area contributed by atoms with Crippen LogP contribution in [0.4, 0.5) is 11.4 Å². The number of nitrogens with zero attached hydrogens (tertiary/aromatic N) is 2. The van der Waals surface area contributed by atoms with Crippen LogP contribution in [0, 0.1) is 6.92 Å². The predicted molar refractivity (Wildman–Crippen MR) is 134 cm³/mol. The first-order chi connectivity index (χ1) is 16.1. The van der Waals surface area contributed by atoms with Crippen LogP contribution in [0.1, 0.15) is 43.4 Å². The van der Waals surface area contributed by atoms with Gasteiger partial charge < -0.3 is 15.5 Å². The van der Waals surface area contributed by atoms with E-state index in [1.807, 2.05) is 31.2 Å². The minimum absolute atomic E-state index is 0.455. The average molecular weight is 445 g/mol. The van der Waals surface area contributed by atoms with E-state index in [0.717, 1.165) is 42.5 Å². The maximum absolute atomic E-state index is 12.4. The summed E-state index contributed by atoms with van der Waals surface area (Å²) in [5.74, 6) is -1.28. The van der Waals surface area contributed by atoms with Crippen LogP contribution >= 0.6 is 0 Å². The van der Waals surface area contributed by atoms with Crippen molar-refractivity contribution in [2.45, 2.75) is 45.4 Å². The molecular formula is C27H32N4O2. The van der Waals surface area contributed by atoms with Gasteiger partial charge in [-0.2, -0.15) is 0 Å². The maximum Gasteiger partial charge on any atom is 0.313 e. The Balaban J connectivity index is 1.24. The molecule has 1 aliphatic heterocycles. The van der Waals surface area contributed by atoms with Gasteiger partial charge in [0.05, 0.1) is 11.2 Å². The first-order valence-corrected chi connectivity index (χ1v) is 11.9. The largest absolute Gasteiger partial charge is 0.372 e. The molecule has 0 unspecified atom stereocenters. The van der Waals surface area contributed by atoms with E-state index in [1.54, 1.807) is 6.07 Å². The molecule has 0 bridgehead atoms. The number of hydrogen-bond acceptors (Lipinski definition) is 4. The molecule has 1 fully saturated rings. The number of anilines is 2. The number of carbonyl (C=O) groups is 2. The predicted octanol–water partition coefficient (Wildman–Crippen LogP) is 4.61. The van der Waals surface area contributed by atoms with Crippen LogP contribution in [0.25, 0.3) is 10.9 Å². The Morgan fingerprint density at radius 1 is 0.939 bits per heavy atom. The highest BCUT2D eigenvalue weighted by Crippen LogP contribution is 2.23. The van der Waals surface area contributed by atoms with Crippen molar-refractivity contribution in [2.75, 3.05) is 29.9 Å². The molecule has 1 aromatic heterocycles. The summed E-state index contributed by atoms with van der Waals surface area (Å²) in [7, 11) is 0. The molecule has 6 nitrogen and oxygen atoms in total. The summed E-state index contributed by atoms with van der Waals surface area (Å²) in [4.78, 5) is 31.6. The third-order valence-corrected chi connectivity index (χ3v) is 6.13. The Labute approximate surface area is 195 Å². The van der Waals surface area contributed by atoms with Gasteiger partial charge in [0.1, 0.15) is 0 Å². The highest BCUT2D eigenvalue weighted by Gasteiger charge is 2.15. The molecule has 33 heavy (non-hydrogen) atoms. The Bertz CT molecular complexity index is 1100. The SMILES string of the molecule is Cc1cc(NC(=O)C(=O)NCCCc2ccc(N3CCCCCC3)cc2)c2ccccc2n1. The molecule has 0 aliphatic carbocycles. The molecule has 172 valence electrons. The molecule has 2 N–H and O–H groups in total. The summed E-state index contributed by atoms with van der Waals surface area (Å²) in [6.45, 7) is 4.60. The first kappa shape index (κ1) is 22.8. The zero-order chi connectivity index (χ0) is 23.0. The van der Waals surface area contributed by atoms with Crippen molar-refractivity contribution in [1.82, 2.24) is 10.3 Å². The van der Waals surface area contributed by atoms with Crippen LogP contribution in [-0.4, -0.2) is 36.4 Å². The van der Waals surface area contributed by atoms with Crippen LogP contribution in [0.3, 0.4) is 0 Å². The number of amides is 2. The topological polar surface area (TPSA) is 74.3 Å². The average Bonchev–Trinajstić information content (AvgIpc) is 3.11. The summed E-state index contributed by atoms with van der Waals surface area (Å²) < 4.78 is 0. The van der Waals surface area contributed by atoms with Gasteiger partial charge in [-0.1, -0.05) is 43.2 Å².